The summed E-state index contributed by atoms with van der Waals surface area (Å²) in [6, 6.07) is 9.94. The molecule has 0 saturated carbocycles. The number of carbonyl (C=O) groups is 1. The summed E-state index contributed by atoms with van der Waals surface area (Å²) in [5.74, 6) is 0. The number of aromatic nitrogens is 2. The van der Waals surface area contributed by atoms with Crippen molar-refractivity contribution in [1.29, 1.82) is 0 Å². The van der Waals surface area contributed by atoms with E-state index in [2.05, 4.69) is 17.1 Å². The number of pyridine rings is 2. The quantitative estimate of drug-likeness (QED) is 0.517. The van der Waals surface area contributed by atoms with Gasteiger partial charge in [0.15, 0.2) is 5.43 Å². The third-order valence-electron chi connectivity index (χ3n) is 5.68. The number of aryl methyl sites for hydroxylation is 2. The van der Waals surface area contributed by atoms with E-state index in [4.69, 9.17) is 4.74 Å². The molecule has 1 amide bonds. The van der Waals surface area contributed by atoms with Crippen LogP contribution in [0.15, 0.2) is 47.5 Å². The molecule has 0 unspecified atom stereocenters. The number of hydrogen-bond donors (Lipinski definition) is 0. The molecule has 0 atom stereocenters. The van der Waals surface area contributed by atoms with Crippen LogP contribution in [0.2, 0.25) is 0 Å². The van der Waals surface area contributed by atoms with Crippen molar-refractivity contribution < 1.29 is 9.53 Å². The predicted molar refractivity (Wildman–Crippen MR) is 134 cm³/mol. The Balaban J connectivity index is 0.00000149. The first-order valence-corrected chi connectivity index (χ1v) is 11.8. The van der Waals surface area contributed by atoms with E-state index in [0.717, 1.165) is 12.8 Å². The van der Waals surface area contributed by atoms with E-state index in [1.54, 1.807) is 24.1 Å². The van der Waals surface area contributed by atoms with E-state index in [9.17, 15) is 9.59 Å². The van der Waals surface area contributed by atoms with Gasteiger partial charge in [-0.3, -0.25) is 9.69 Å². The van der Waals surface area contributed by atoms with Gasteiger partial charge in [-0.25, -0.2) is 9.78 Å². The van der Waals surface area contributed by atoms with Gasteiger partial charge in [-0.15, -0.1) is 0 Å². The molecule has 2 aromatic heterocycles. The zero-order valence-corrected chi connectivity index (χ0v) is 20.8. The molecule has 1 aliphatic carbocycles. The lowest BCUT2D eigenvalue weighted by Crippen LogP contribution is -2.44. The Bertz CT molecular complexity index is 1180. The topological polar surface area (TPSA) is 64.4 Å². The Hall–Kier alpha value is -3.15. The molecule has 0 bridgehead atoms. The average Bonchev–Trinajstić information content (AvgIpc) is 3.20. The SMILES string of the molecule is CC.CCn1cc(C)c(=O)c2cc(N(C(=O)OC(C)(C)C)C3Cc4ccccc4C3)cnc21. The maximum absolute atomic E-state index is 13.3. The number of rotatable bonds is 3. The van der Waals surface area contributed by atoms with Gasteiger partial charge in [-0.05, 0) is 64.7 Å². The third kappa shape index (κ3) is 5.10. The van der Waals surface area contributed by atoms with Gasteiger partial charge in [0.1, 0.15) is 11.2 Å². The first kappa shape index (κ1) is 24.5. The van der Waals surface area contributed by atoms with Crippen LogP contribution in [0.3, 0.4) is 0 Å². The Morgan fingerprint density at radius 3 is 2.33 bits per heavy atom. The molecule has 0 saturated heterocycles. The summed E-state index contributed by atoms with van der Waals surface area (Å²) in [6.07, 6.45) is 4.56. The Morgan fingerprint density at radius 1 is 1.18 bits per heavy atom. The molecule has 6 nitrogen and oxygen atoms in total. The van der Waals surface area contributed by atoms with Crippen LogP contribution < -0.4 is 10.3 Å². The minimum Gasteiger partial charge on any atom is -0.443 e. The summed E-state index contributed by atoms with van der Waals surface area (Å²) in [5.41, 5.74) is 3.65. The second kappa shape index (κ2) is 9.77. The molecule has 0 N–H and O–H groups in total. The molecule has 2 heterocycles. The van der Waals surface area contributed by atoms with Crippen molar-refractivity contribution in [2.45, 2.75) is 79.5 Å². The second-order valence-electron chi connectivity index (χ2n) is 9.17. The molecule has 4 rings (SSSR count). The highest BCUT2D eigenvalue weighted by Gasteiger charge is 2.34. The highest BCUT2D eigenvalue weighted by atomic mass is 16.6. The third-order valence-corrected chi connectivity index (χ3v) is 5.68. The van der Waals surface area contributed by atoms with Crippen molar-refractivity contribution in [1.82, 2.24) is 9.55 Å². The van der Waals surface area contributed by atoms with E-state index in [0.29, 0.717) is 28.8 Å². The van der Waals surface area contributed by atoms with Crippen molar-refractivity contribution in [3.05, 3.63) is 69.6 Å². The van der Waals surface area contributed by atoms with Gasteiger partial charge in [-0.2, -0.15) is 0 Å². The van der Waals surface area contributed by atoms with Gasteiger partial charge in [-0.1, -0.05) is 38.1 Å². The van der Waals surface area contributed by atoms with E-state index >= 15 is 0 Å². The van der Waals surface area contributed by atoms with Crippen LogP contribution in [0.5, 0.6) is 0 Å². The summed E-state index contributed by atoms with van der Waals surface area (Å²) in [6.45, 7) is 14.1. The number of anilines is 1. The van der Waals surface area contributed by atoms with Crippen molar-refractivity contribution in [3.63, 3.8) is 0 Å². The van der Waals surface area contributed by atoms with Crippen LogP contribution in [-0.2, 0) is 24.1 Å². The number of nitrogens with zero attached hydrogens (tertiary/aromatic N) is 3. The average molecular weight is 450 g/mol. The highest BCUT2D eigenvalue weighted by Crippen LogP contribution is 2.31. The summed E-state index contributed by atoms with van der Waals surface area (Å²) in [4.78, 5) is 32.4. The van der Waals surface area contributed by atoms with E-state index in [-0.39, 0.29) is 11.5 Å². The Labute approximate surface area is 196 Å². The minimum absolute atomic E-state index is 0.0621. The van der Waals surface area contributed by atoms with E-state index < -0.39 is 11.7 Å². The van der Waals surface area contributed by atoms with Gasteiger partial charge < -0.3 is 9.30 Å². The van der Waals surface area contributed by atoms with Gasteiger partial charge in [0.05, 0.1) is 17.3 Å². The molecule has 3 aromatic rings. The maximum Gasteiger partial charge on any atom is 0.415 e. The lowest BCUT2D eigenvalue weighted by atomic mass is 10.1. The number of benzene rings is 1. The normalized spacial score (nSPS) is 13.3. The smallest absolute Gasteiger partial charge is 0.415 e. The van der Waals surface area contributed by atoms with E-state index in [1.807, 2.05) is 64.4 Å². The lowest BCUT2D eigenvalue weighted by molar-refractivity contribution is 0.0566. The highest BCUT2D eigenvalue weighted by molar-refractivity contribution is 5.91. The van der Waals surface area contributed by atoms with Gasteiger partial charge in [0.2, 0.25) is 0 Å². The largest absolute Gasteiger partial charge is 0.443 e. The van der Waals surface area contributed by atoms with Crippen molar-refractivity contribution >= 4 is 22.8 Å². The molecule has 6 heteroatoms. The fourth-order valence-electron chi connectivity index (χ4n) is 4.28. The number of carbonyl (C=O) groups excluding carboxylic acids is 1. The molecule has 0 fully saturated rings. The number of ether oxygens (including phenoxy) is 1. The fourth-order valence-corrected chi connectivity index (χ4v) is 4.28. The molecule has 176 valence electrons. The molecule has 0 radical (unpaired) electrons. The number of fused-ring (bicyclic) bond motifs is 2. The summed E-state index contributed by atoms with van der Waals surface area (Å²) >= 11 is 0. The first-order valence-electron chi connectivity index (χ1n) is 11.8. The standard InChI is InChI=1S/C25H29N3O3.C2H6/c1-6-27-15-16(2)22(29)21-13-20(14-26-23(21)27)28(24(30)31-25(3,4)5)19-11-17-9-7-8-10-18(17)12-19;1-2/h7-10,13-15,19H,6,11-12H2,1-5H3;1-2H3. The molecule has 0 spiro atoms. The summed E-state index contributed by atoms with van der Waals surface area (Å²) in [7, 11) is 0. The minimum atomic E-state index is -0.628. The van der Waals surface area contributed by atoms with Gasteiger partial charge in [0.25, 0.3) is 0 Å². The van der Waals surface area contributed by atoms with Crippen molar-refractivity contribution in [2.24, 2.45) is 0 Å². The molecule has 1 aromatic carbocycles. The molecular weight excluding hydrogens is 414 g/mol. The molecule has 0 aliphatic heterocycles. The van der Waals surface area contributed by atoms with Crippen LogP contribution >= 0.6 is 0 Å². The van der Waals surface area contributed by atoms with E-state index in [1.165, 1.54) is 11.1 Å². The van der Waals surface area contributed by atoms with Gasteiger partial charge in [0, 0.05) is 24.3 Å². The molecule has 1 aliphatic rings. The Kier molecular flexibility index (Phi) is 7.25. The maximum atomic E-state index is 13.3. The first-order chi connectivity index (χ1) is 15.7. The van der Waals surface area contributed by atoms with Crippen LogP contribution in [-0.4, -0.2) is 27.3 Å². The lowest BCUT2D eigenvalue weighted by Gasteiger charge is -2.31. The van der Waals surface area contributed by atoms with Crippen molar-refractivity contribution in [2.75, 3.05) is 4.90 Å². The summed E-state index contributed by atoms with van der Waals surface area (Å²) < 4.78 is 7.71. The molecule has 33 heavy (non-hydrogen) atoms. The predicted octanol–water partition coefficient (Wildman–Crippen LogP) is 5.66. The Morgan fingerprint density at radius 2 is 1.79 bits per heavy atom. The number of amides is 1. The van der Waals surface area contributed by atoms with Crippen LogP contribution in [0.25, 0.3) is 11.0 Å². The van der Waals surface area contributed by atoms with Crippen molar-refractivity contribution in [3.8, 4) is 0 Å². The second-order valence-corrected chi connectivity index (χ2v) is 9.17. The summed E-state index contributed by atoms with van der Waals surface area (Å²) in [5, 5.41) is 0.517. The monoisotopic (exact) mass is 449 g/mol. The van der Waals surface area contributed by atoms with Gasteiger partial charge >= 0.3 is 6.09 Å². The van der Waals surface area contributed by atoms with Crippen LogP contribution in [0.1, 0.15) is 58.2 Å². The zero-order valence-electron chi connectivity index (χ0n) is 20.8. The number of hydrogen-bond acceptors (Lipinski definition) is 4. The zero-order chi connectivity index (χ0) is 24.3. The van der Waals surface area contributed by atoms with Crippen LogP contribution in [0.4, 0.5) is 10.5 Å². The van der Waals surface area contributed by atoms with Crippen LogP contribution in [0, 0.1) is 6.92 Å². The molecular formula is C27H35N3O3. The fraction of sp³-hybridized carbons (Fsp3) is 0.444.